The van der Waals surface area contributed by atoms with Crippen LogP contribution in [0.15, 0.2) is 22.8 Å². The van der Waals surface area contributed by atoms with Crippen molar-refractivity contribution in [3.63, 3.8) is 0 Å². The lowest BCUT2D eigenvalue weighted by molar-refractivity contribution is 0.00270. The molecular formula is C14H21NO2. The SMILES string of the molecule is OC1(CN(Cc2ccco2)C2CC2)CCCC1. The van der Waals surface area contributed by atoms with Gasteiger partial charge in [-0.05, 0) is 37.8 Å². The molecule has 0 aliphatic heterocycles. The molecule has 1 heterocycles. The van der Waals surface area contributed by atoms with E-state index in [1.807, 2.05) is 12.1 Å². The van der Waals surface area contributed by atoms with E-state index in [4.69, 9.17) is 4.42 Å². The van der Waals surface area contributed by atoms with Gasteiger partial charge in [0.25, 0.3) is 0 Å². The van der Waals surface area contributed by atoms with Crippen LogP contribution in [-0.4, -0.2) is 28.2 Å². The molecule has 2 aliphatic carbocycles. The highest BCUT2D eigenvalue weighted by molar-refractivity contribution is 5.01. The van der Waals surface area contributed by atoms with Crippen LogP contribution in [0.1, 0.15) is 44.3 Å². The van der Waals surface area contributed by atoms with Gasteiger partial charge in [0.2, 0.25) is 0 Å². The number of rotatable bonds is 5. The van der Waals surface area contributed by atoms with E-state index in [1.54, 1.807) is 6.26 Å². The van der Waals surface area contributed by atoms with Gasteiger partial charge in [0.15, 0.2) is 0 Å². The molecule has 0 amide bonds. The van der Waals surface area contributed by atoms with Crippen LogP contribution >= 0.6 is 0 Å². The first-order valence-corrected chi connectivity index (χ1v) is 6.74. The Morgan fingerprint density at radius 2 is 2.12 bits per heavy atom. The Balaban J connectivity index is 1.64. The van der Waals surface area contributed by atoms with Crippen LogP contribution in [0, 0.1) is 0 Å². The van der Waals surface area contributed by atoms with Gasteiger partial charge in [0.05, 0.1) is 18.4 Å². The Kier molecular flexibility index (Phi) is 2.97. The Morgan fingerprint density at radius 3 is 2.71 bits per heavy atom. The molecule has 0 aromatic carbocycles. The number of nitrogens with zero attached hydrogens (tertiary/aromatic N) is 1. The normalized spacial score (nSPS) is 23.4. The molecule has 1 aromatic rings. The van der Waals surface area contributed by atoms with Crippen molar-refractivity contribution in [1.82, 2.24) is 4.90 Å². The highest BCUT2D eigenvalue weighted by Crippen LogP contribution is 2.35. The van der Waals surface area contributed by atoms with Crippen molar-refractivity contribution >= 4 is 0 Å². The van der Waals surface area contributed by atoms with Crippen LogP contribution in [0.5, 0.6) is 0 Å². The molecule has 0 radical (unpaired) electrons. The zero-order chi connectivity index (χ0) is 11.7. The third-order valence-electron chi connectivity index (χ3n) is 4.03. The van der Waals surface area contributed by atoms with Crippen molar-refractivity contribution in [3.05, 3.63) is 24.2 Å². The van der Waals surface area contributed by atoms with Crippen molar-refractivity contribution in [3.8, 4) is 0 Å². The first-order valence-electron chi connectivity index (χ1n) is 6.74. The minimum absolute atomic E-state index is 0.435. The molecule has 2 saturated carbocycles. The fourth-order valence-corrected chi connectivity index (χ4v) is 2.93. The van der Waals surface area contributed by atoms with E-state index < -0.39 is 5.60 Å². The number of hydrogen-bond donors (Lipinski definition) is 1. The van der Waals surface area contributed by atoms with Crippen molar-refractivity contribution in [2.75, 3.05) is 6.54 Å². The molecule has 0 spiro atoms. The highest BCUT2D eigenvalue weighted by atomic mass is 16.3. The average Bonchev–Trinajstić information content (AvgIpc) is 2.88. The van der Waals surface area contributed by atoms with Crippen LogP contribution in [0.25, 0.3) is 0 Å². The van der Waals surface area contributed by atoms with E-state index in [0.717, 1.165) is 31.7 Å². The number of furan rings is 1. The quantitative estimate of drug-likeness (QED) is 0.852. The van der Waals surface area contributed by atoms with E-state index in [9.17, 15) is 5.11 Å². The van der Waals surface area contributed by atoms with Gasteiger partial charge in [-0.1, -0.05) is 12.8 Å². The van der Waals surface area contributed by atoms with Gasteiger partial charge in [-0.3, -0.25) is 4.90 Å². The molecule has 1 N–H and O–H groups in total. The van der Waals surface area contributed by atoms with Crippen molar-refractivity contribution in [1.29, 1.82) is 0 Å². The van der Waals surface area contributed by atoms with Gasteiger partial charge >= 0.3 is 0 Å². The van der Waals surface area contributed by atoms with Gasteiger partial charge in [0.1, 0.15) is 5.76 Å². The average molecular weight is 235 g/mol. The zero-order valence-corrected chi connectivity index (χ0v) is 10.3. The Hall–Kier alpha value is -0.800. The smallest absolute Gasteiger partial charge is 0.117 e. The lowest BCUT2D eigenvalue weighted by Gasteiger charge is -2.30. The third-order valence-corrected chi connectivity index (χ3v) is 4.03. The second-order valence-electron chi connectivity index (χ2n) is 5.65. The topological polar surface area (TPSA) is 36.6 Å². The Morgan fingerprint density at radius 1 is 1.35 bits per heavy atom. The fourth-order valence-electron chi connectivity index (χ4n) is 2.93. The summed E-state index contributed by atoms with van der Waals surface area (Å²) in [4.78, 5) is 2.41. The monoisotopic (exact) mass is 235 g/mol. The minimum atomic E-state index is -0.435. The largest absolute Gasteiger partial charge is 0.468 e. The second-order valence-corrected chi connectivity index (χ2v) is 5.65. The first kappa shape index (κ1) is 11.3. The number of hydrogen-bond acceptors (Lipinski definition) is 3. The molecule has 0 unspecified atom stereocenters. The zero-order valence-electron chi connectivity index (χ0n) is 10.3. The van der Waals surface area contributed by atoms with Crippen molar-refractivity contribution in [2.24, 2.45) is 0 Å². The molecule has 2 fully saturated rings. The summed E-state index contributed by atoms with van der Waals surface area (Å²) in [5.41, 5.74) is -0.435. The number of aliphatic hydroxyl groups is 1. The second kappa shape index (κ2) is 4.46. The van der Waals surface area contributed by atoms with Gasteiger partial charge in [0, 0.05) is 12.6 Å². The lowest BCUT2D eigenvalue weighted by atomic mass is 10.0. The Labute approximate surface area is 102 Å². The van der Waals surface area contributed by atoms with Crippen LogP contribution in [-0.2, 0) is 6.54 Å². The molecule has 3 heteroatoms. The first-order chi connectivity index (χ1) is 8.25. The molecule has 0 saturated heterocycles. The standard InChI is InChI=1S/C14H21NO2/c16-14(7-1-2-8-14)11-15(12-5-6-12)10-13-4-3-9-17-13/h3-4,9,12,16H,1-2,5-8,10-11H2. The van der Waals surface area contributed by atoms with Crippen molar-refractivity contribution < 1.29 is 9.52 Å². The molecule has 3 rings (SSSR count). The molecule has 0 atom stereocenters. The van der Waals surface area contributed by atoms with E-state index in [2.05, 4.69) is 4.90 Å². The molecule has 94 valence electrons. The van der Waals surface area contributed by atoms with Crippen molar-refractivity contribution in [2.45, 2.75) is 56.7 Å². The maximum Gasteiger partial charge on any atom is 0.117 e. The summed E-state index contributed by atoms with van der Waals surface area (Å²) >= 11 is 0. The van der Waals surface area contributed by atoms with Crippen LogP contribution in [0.4, 0.5) is 0 Å². The minimum Gasteiger partial charge on any atom is -0.468 e. The summed E-state index contributed by atoms with van der Waals surface area (Å²) in [7, 11) is 0. The summed E-state index contributed by atoms with van der Waals surface area (Å²) in [6.45, 7) is 1.67. The van der Waals surface area contributed by atoms with E-state index in [1.165, 1.54) is 25.7 Å². The molecule has 1 aromatic heterocycles. The van der Waals surface area contributed by atoms with Gasteiger partial charge in [-0.2, -0.15) is 0 Å². The van der Waals surface area contributed by atoms with E-state index in [0.29, 0.717) is 6.04 Å². The summed E-state index contributed by atoms with van der Waals surface area (Å²) in [5.74, 6) is 1.01. The fraction of sp³-hybridized carbons (Fsp3) is 0.714. The predicted octanol–water partition coefficient (Wildman–Crippen LogP) is 2.55. The van der Waals surface area contributed by atoms with E-state index in [-0.39, 0.29) is 0 Å². The van der Waals surface area contributed by atoms with Crippen LogP contribution in [0.2, 0.25) is 0 Å². The Bertz CT molecular complexity index is 350. The van der Waals surface area contributed by atoms with Gasteiger partial charge in [-0.25, -0.2) is 0 Å². The van der Waals surface area contributed by atoms with Crippen LogP contribution < -0.4 is 0 Å². The maximum absolute atomic E-state index is 10.5. The molecular weight excluding hydrogens is 214 g/mol. The maximum atomic E-state index is 10.5. The summed E-state index contributed by atoms with van der Waals surface area (Å²) in [5, 5.41) is 10.5. The molecule has 17 heavy (non-hydrogen) atoms. The highest BCUT2D eigenvalue weighted by Gasteiger charge is 2.38. The third kappa shape index (κ3) is 2.72. The molecule has 2 aliphatic rings. The molecule has 3 nitrogen and oxygen atoms in total. The van der Waals surface area contributed by atoms with Gasteiger partial charge in [-0.15, -0.1) is 0 Å². The van der Waals surface area contributed by atoms with Gasteiger partial charge < -0.3 is 9.52 Å². The lowest BCUT2D eigenvalue weighted by Crippen LogP contribution is -2.41. The predicted molar refractivity (Wildman–Crippen MR) is 65.6 cm³/mol. The molecule has 0 bridgehead atoms. The van der Waals surface area contributed by atoms with Crippen LogP contribution in [0.3, 0.4) is 0 Å². The van der Waals surface area contributed by atoms with E-state index >= 15 is 0 Å². The summed E-state index contributed by atoms with van der Waals surface area (Å²) < 4.78 is 5.42. The summed E-state index contributed by atoms with van der Waals surface area (Å²) in [6, 6.07) is 4.63. The summed E-state index contributed by atoms with van der Waals surface area (Å²) in [6.07, 6.45) is 8.56.